The molecule has 0 aromatic rings. The lowest BCUT2D eigenvalue weighted by molar-refractivity contribution is -0.202. The molecule has 0 bridgehead atoms. The summed E-state index contributed by atoms with van der Waals surface area (Å²) in [6.45, 7) is 1.61. The standard InChI is InChI=1S/C11H18O5/c12-7-5-14-11-8(6-15-10(7)11)16-9-3-1-2-4-13-9/h7-12H,1-6H2/t7-,8+,9?,10+,11+/m0/s1. The van der Waals surface area contributed by atoms with E-state index in [0.29, 0.717) is 13.2 Å². The first-order chi connectivity index (χ1) is 7.84. The predicted molar refractivity (Wildman–Crippen MR) is 54.0 cm³/mol. The van der Waals surface area contributed by atoms with Crippen LogP contribution >= 0.6 is 0 Å². The van der Waals surface area contributed by atoms with Crippen LogP contribution in [-0.2, 0) is 18.9 Å². The molecule has 0 aromatic heterocycles. The number of hydrogen-bond acceptors (Lipinski definition) is 5. The number of aliphatic hydroxyl groups is 1. The Bertz CT molecular complexity index is 241. The summed E-state index contributed by atoms with van der Waals surface area (Å²) in [6, 6.07) is 0. The Morgan fingerprint density at radius 3 is 2.69 bits per heavy atom. The first kappa shape index (κ1) is 10.9. The normalized spacial score (nSPS) is 48.2. The van der Waals surface area contributed by atoms with Gasteiger partial charge in [0.05, 0.1) is 13.2 Å². The fraction of sp³-hybridized carbons (Fsp3) is 1.00. The molecule has 3 saturated heterocycles. The summed E-state index contributed by atoms with van der Waals surface area (Å²) in [5.74, 6) is 0. The molecule has 3 aliphatic heterocycles. The van der Waals surface area contributed by atoms with E-state index in [0.717, 1.165) is 25.9 Å². The van der Waals surface area contributed by atoms with Crippen molar-refractivity contribution in [3.63, 3.8) is 0 Å². The average molecular weight is 230 g/mol. The van der Waals surface area contributed by atoms with Gasteiger partial charge in [0.2, 0.25) is 0 Å². The zero-order valence-corrected chi connectivity index (χ0v) is 9.21. The van der Waals surface area contributed by atoms with Crippen molar-refractivity contribution in [3.8, 4) is 0 Å². The molecule has 0 radical (unpaired) electrons. The van der Waals surface area contributed by atoms with Crippen LogP contribution in [0.3, 0.4) is 0 Å². The number of ether oxygens (including phenoxy) is 4. The Morgan fingerprint density at radius 1 is 1.00 bits per heavy atom. The third-order valence-electron chi connectivity index (χ3n) is 3.45. The van der Waals surface area contributed by atoms with Gasteiger partial charge < -0.3 is 24.1 Å². The maximum Gasteiger partial charge on any atom is 0.158 e. The fourth-order valence-electron chi connectivity index (χ4n) is 2.57. The topological polar surface area (TPSA) is 57.2 Å². The van der Waals surface area contributed by atoms with E-state index in [-0.39, 0.29) is 24.6 Å². The van der Waals surface area contributed by atoms with Gasteiger partial charge in [0.1, 0.15) is 24.4 Å². The molecule has 3 rings (SSSR count). The van der Waals surface area contributed by atoms with Gasteiger partial charge in [-0.05, 0) is 19.3 Å². The zero-order chi connectivity index (χ0) is 11.0. The highest BCUT2D eigenvalue weighted by Crippen LogP contribution is 2.30. The summed E-state index contributed by atoms with van der Waals surface area (Å²) < 4.78 is 22.3. The van der Waals surface area contributed by atoms with Crippen molar-refractivity contribution in [1.29, 1.82) is 0 Å². The summed E-state index contributed by atoms with van der Waals surface area (Å²) in [4.78, 5) is 0. The molecule has 0 spiro atoms. The van der Waals surface area contributed by atoms with E-state index in [1.807, 2.05) is 0 Å². The number of aliphatic hydroxyl groups excluding tert-OH is 1. The molecule has 3 aliphatic rings. The van der Waals surface area contributed by atoms with Crippen molar-refractivity contribution in [3.05, 3.63) is 0 Å². The van der Waals surface area contributed by atoms with Crippen LogP contribution in [0.1, 0.15) is 19.3 Å². The van der Waals surface area contributed by atoms with Crippen LogP contribution in [0.5, 0.6) is 0 Å². The molecule has 3 heterocycles. The van der Waals surface area contributed by atoms with Gasteiger partial charge in [-0.25, -0.2) is 0 Å². The second-order valence-electron chi connectivity index (χ2n) is 4.63. The molecule has 1 N–H and O–H groups in total. The van der Waals surface area contributed by atoms with E-state index in [2.05, 4.69) is 0 Å². The molecule has 5 nitrogen and oxygen atoms in total. The minimum Gasteiger partial charge on any atom is -0.388 e. The number of rotatable bonds is 2. The summed E-state index contributed by atoms with van der Waals surface area (Å²) in [5, 5.41) is 9.59. The van der Waals surface area contributed by atoms with Gasteiger partial charge in [-0.1, -0.05) is 0 Å². The summed E-state index contributed by atoms with van der Waals surface area (Å²) in [5.41, 5.74) is 0. The van der Waals surface area contributed by atoms with Gasteiger partial charge in [0.25, 0.3) is 0 Å². The molecule has 0 aliphatic carbocycles. The van der Waals surface area contributed by atoms with E-state index < -0.39 is 6.10 Å². The van der Waals surface area contributed by atoms with E-state index in [4.69, 9.17) is 18.9 Å². The van der Waals surface area contributed by atoms with Crippen molar-refractivity contribution in [1.82, 2.24) is 0 Å². The van der Waals surface area contributed by atoms with Crippen LogP contribution in [0.2, 0.25) is 0 Å². The van der Waals surface area contributed by atoms with Crippen LogP contribution < -0.4 is 0 Å². The Kier molecular flexibility index (Phi) is 3.13. The largest absolute Gasteiger partial charge is 0.388 e. The molecule has 3 fully saturated rings. The fourth-order valence-corrected chi connectivity index (χ4v) is 2.57. The highest BCUT2D eigenvalue weighted by atomic mass is 16.7. The first-order valence-corrected chi connectivity index (χ1v) is 6.03. The number of hydrogen-bond donors (Lipinski definition) is 1. The molecule has 16 heavy (non-hydrogen) atoms. The SMILES string of the molecule is O[C@H]1CO[C@H]2[C@@H]1OC[C@H]2OC1CCCCO1. The molecule has 0 saturated carbocycles. The third-order valence-corrected chi connectivity index (χ3v) is 3.45. The Labute approximate surface area is 94.6 Å². The minimum absolute atomic E-state index is 0.0924. The highest BCUT2D eigenvalue weighted by molar-refractivity contribution is 4.95. The molecular weight excluding hydrogens is 212 g/mol. The van der Waals surface area contributed by atoms with E-state index in [1.165, 1.54) is 0 Å². The molecule has 92 valence electrons. The third kappa shape index (κ3) is 1.98. The van der Waals surface area contributed by atoms with E-state index in [1.54, 1.807) is 0 Å². The van der Waals surface area contributed by atoms with Crippen molar-refractivity contribution < 1.29 is 24.1 Å². The smallest absolute Gasteiger partial charge is 0.158 e. The quantitative estimate of drug-likeness (QED) is 0.726. The Morgan fingerprint density at radius 2 is 1.88 bits per heavy atom. The van der Waals surface area contributed by atoms with Crippen molar-refractivity contribution >= 4 is 0 Å². The molecule has 0 amide bonds. The second kappa shape index (κ2) is 4.58. The van der Waals surface area contributed by atoms with Gasteiger partial charge in [0.15, 0.2) is 6.29 Å². The van der Waals surface area contributed by atoms with Crippen LogP contribution in [-0.4, -0.2) is 55.6 Å². The van der Waals surface area contributed by atoms with Gasteiger partial charge in [-0.2, -0.15) is 0 Å². The second-order valence-corrected chi connectivity index (χ2v) is 4.63. The van der Waals surface area contributed by atoms with Gasteiger partial charge in [0, 0.05) is 6.61 Å². The lowest BCUT2D eigenvalue weighted by atomic mass is 10.1. The molecule has 1 unspecified atom stereocenters. The molecule has 5 heteroatoms. The highest BCUT2D eigenvalue weighted by Gasteiger charge is 2.48. The van der Waals surface area contributed by atoms with Crippen molar-refractivity contribution in [2.45, 2.75) is 50.0 Å². The van der Waals surface area contributed by atoms with E-state index >= 15 is 0 Å². The summed E-state index contributed by atoms with van der Waals surface area (Å²) >= 11 is 0. The lowest BCUT2D eigenvalue weighted by Gasteiger charge is -2.27. The zero-order valence-electron chi connectivity index (χ0n) is 9.21. The van der Waals surface area contributed by atoms with Gasteiger partial charge >= 0.3 is 0 Å². The summed E-state index contributed by atoms with van der Waals surface area (Å²) in [6.07, 6.45) is 2.14. The summed E-state index contributed by atoms with van der Waals surface area (Å²) in [7, 11) is 0. The maximum atomic E-state index is 9.59. The number of fused-ring (bicyclic) bond motifs is 1. The van der Waals surface area contributed by atoms with Gasteiger partial charge in [-0.15, -0.1) is 0 Å². The maximum absolute atomic E-state index is 9.59. The minimum atomic E-state index is -0.508. The van der Waals surface area contributed by atoms with Crippen LogP contribution in [0, 0.1) is 0 Å². The van der Waals surface area contributed by atoms with Crippen LogP contribution in [0.4, 0.5) is 0 Å². The first-order valence-electron chi connectivity index (χ1n) is 6.03. The lowest BCUT2D eigenvalue weighted by Crippen LogP contribution is -2.37. The molecule has 5 atom stereocenters. The molecular formula is C11H18O5. The van der Waals surface area contributed by atoms with Gasteiger partial charge in [-0.3, -0.25) is 0 Å². The van der Waals surface area contributed by atoms with Crippen molar-refractivity contribution in [2.24, 2.45) is 0 Å². The average Bonchev–Trinajstić information content (AvgIpc) is 2.86. The molecule has 0 aromatic carbocycles. The monoisotopic (exact) mass is 230 g/mol. The predicted octanol–water partition coefficient (Wildman–Crippen LogP) is 0.0567. The Hall–Kier alpha value is -0.200. The van der Waals surface area contributed by atoms with E-state index in [9.17, 15) is 5.11 Å². The van der Waals surface area contributed by atoms with Crippen LogP contribution in [0.15, 0.2) is 0 Å². The van der Waals surface area contributed by atoms with Crippen molar-refractivity contribution in [2.75, 3.05) is 19.8 Å². The van der Waals surface area contributed by atoms with Crippen LogP contribution in [0.25, 0.3) is 0 Å². The Balaban J connectivity index is 1.55.